The Morgan fingerprint density at radius 2 is 1.20 bits per heavy atom. The van der Waals surface area contributed by atoms with Crippen LogP contribution in [0.5, 0.6) is 0 Å². The van der Waals surface area contributed by atoms with Crippen molar-refractivity contribution in [1.29, 1.82) is 0 Å². The molecule has 10 heteroatoms. The van der Waals surface area contributed by atoms with Gasteiger partial charge in [0.1, 0.15) is 0 Å². The summed E-state index contributed by atoms with van der Waals surface area (Å²) in [6, 6.07) is 24.1. The van der Waals surface area contributed by atoms with Crippen molar-refractivity contribution in [2.24, 2.45) is 0 Å². The Hall–Kier alpha value is -3.83. The van der Waals surface area contributed by atoms with Crippen LogP contribution in [0.2, 0.25) is 0 Å². The van der Waals surface area contributed by atoms with Gasteiger partial charge in [-0.15, -0.1) is 0 Å². The summed E-state index contributed by atoms with van der Waals surface area (Å²) in [7, 11) is 0.866. The van der Waals surface area contributed by atoms with Gasteiger partial charge in [0, 0.05) is 59.4 Å². The van der Waals surface area contributed by atoms with Gasteiger partial charge < -0.3 is 20.4 Å². The number of rotatable bonds is 5. The van der Waals surface area contributed by atoms with Crippen molar-refractivity contribution in [3.63, 3.8) is 0 Å². The molecule has 0 atom stereocenters. The molecule has 0 unspecified atom stereocenters. The number of sulfone groups is 1. The molecule has 2 aliphatic rings. The molecule has 258 valence electrons. The van der Waals surface area contributed by atoms with Crippen molar-refractivity contribution in [1.82, 2.24) is 9.80 Å². The lowest BCUT2D eigenvalue weighted by molar-refractivity contribution is 0.101. The summed E-state index contributed by atoms with van der Waals surface area (Å²) in [6.07, 6.45) is 3.21. The third kappa shape index (κ3) is 9.45. The number of halogens is 1. The Bertz CT molecular complexity index is 1990. The molecule has 0 aromatic heterocycles. The molecule has 0 radical (unpaired) electrons. The van der Waals surface area contributed by atoms with Crippen LogP contribution in [0.4, 0.5) is 11.4 Å². The molecule has 4 aromatic rings. The molecule has 0 aliphatic carbocycles. The number of carbonyl (C=O) groups excluding carboxylic acids is 2. The monoisotopic (exact) mass is 744 g/mol. The van der Waals surface area contributed by atoms with Crippen LogP contribution in [0.3, 0.4) is 0 Å². The second-order valence-electron chi connectivity index (χ2n) is 14.1. The number of hydrogen-bond donors (Lipinski definition) is 2. The molecule has 0 spiro atoms. The summed E-state index contributed by atoms with van der Waals surface area (Å²) in [6.45, 7) is 10.4. The first-order valence-corrected chi connectivity index (χ1v) is 19.1. The normalized spacial score (nSPS) is 14.9. The fourth-order valence-corrected chi connectivity index (χ4v) is 7.73. The molecule has 0 saturated heterocycles. The highest BCUT2D eigenvalue weighted by atomic mass is 79.9. The van der Waals surface area contributed by atoms with Crippen molar-refractivity contribution >= 4 is 49.0 Å². The van der Waals surface area contributed by atoms with Crippen LogP contribution in [-0.4, -0.2) is 63.5 Å². The summed E-state index contributed by atoms with van der Waals surface area (Å²) < 4.78 is 24.2. The van der Waals surface area contributed by atoms with Gasteiger partial charge in [-0.2, -0.15) is 0 Å². The Morgan fingerprint density at radius 3 is 1.67 bits per heavy atom. The minimum Gasteiger partial charge on any atom is -0.322 e. The zero-order chi connectivity index (χ0) is 35.5. The maximum atomic E-state index is 12.6. The number of amides is 2. The molecular weight excluding hydrogens is 700 g/mol. The van der Waals surface area contributed by atoms with E-state index in [1.165, 1.54) is 39.9 Å². The minimum atomic E-state index is -3.34. The van der Waals surface area contributed by atoms with Crippen LogP contribution in [0.1, 0.15) is 69.3 Å². The first-order chi connectivity index (χ1) is 23.1. The van der Waals surface area contributed by atoms with E-state index in [0.717, 1.165) is 61.1 Å². The Kier molecular flexibility index (Phi) is 11.1. The van der Waals surface area contributed by atoms with E-state index in [4.69, 9.17) is 0 Å². The zero-order valence-corrected chi connectivity index (χ0v) is 31.5. The number of fused-ring (bicyclic) bond motifs is 2. The molecular formula is C39H45BrN4O4S. The van der Waals surface area contributed by atoms with Gasteiger partial charge in [-0.1, -0.05) is 61.0 Å². The van der Waals surface area contributed by atoms with Gasteiger partial charge in [-0.3, -0.25) is 9.59 Å². The average molecular weight is 746 g/mol. The van der Waals surface area contributed by atoms with Crippen LogP contribution < -0.4 is 10.6 Å². The topological polar surface area (TPSA) is 98.8 Å². The highest BCUT2D eigenvalue weighted by molar-refractivity contribution is 9.10. The number of hydrogen-bond acceptors (Lipinski definition) is 6. The lowest BCUT2D eigenvalue weighted by atomic mass is 9.86. The molecule has 8 nitrogen and oxygen atoms in total. The Morgan fingerprint density at radius 1 is 0.694 bits per heavy atom. The third-order valence-electron chi connectivity index (χ3n) is 8.90. The van der Waals surface area contributed by atoms with Gasteiger partial charge in [0.15, 0.2) is 9.84 Å². The van der Waals surface area contributed by atoms with Crippen LogP contribution >= 0.6 is 15.9 Å². The molecule has 2 aliphatic heterocycles. The second kappa shape index (κ2) is 15.0. The van der Waals surface area contributed by atoms with E-state index in [9.17, 15) is 18.0 Å². The fourth-order valence-electron chi connectivity index (χ4n) is 6.09. The number of anilines is 2. The van der Waals surface area contributed by atoms with Gasteiger partial charge in [0.05, 0.1) is 4.90 Å². The first-order valence-electron chi connectivity index (χ1n) is 16.4. The van der Waals surface area contributed by atoms with E-state index in [1.807, 2.05) is 42.5 Å². The molecule has 0 fully saturated rings. The number of likely N-dealkylation sites (N-methyl/N-ethyl adjacent to an activating group) is 2. The number of nitrogens with one attached hydrogen (secondary N) is 2. The third-order valence-corrected chi connectivity index (χ3v) is 10.7. The second-order valence-corrected chi connectivity index (χ2v) is 17.0. The van der Waals surface area contributed by atoms with Crippen molar-refractivity contribution in [2.45, 2.75) is 57.0 Å². The summed E-state index contributed by atoms with van der Waals surface area (Å²) in [5.74, 6) is -0.394. The summed E-state index contributed by atoms with van der Waals surface area (Å²) in [5, 5.41) is 5.88. The Labute approximate surface area is 299 Å². The van der Waals surface area contributed by atoms with E-state index < -0.39 is 9.84 Å². The van der Waals surface area contributed by atoms with Crippen LogP contribution in [0.25, 0.3) is 0 Å². The Balaban J connectivity index is 0.000000191. The first kappa shape index (κ1) is 36.5. The van der Waals surface area contributed by atoms with Crippen LogP contribution in [0, 0.1) is 0 Å². The summed E-state index contributed by atoms with van der Waals surface area (Å²) in [5.41, 5.74) is 9.01. The quantitative estimate of drug-likeness (QED) is 0.222. The van der Waals surface area contributed by atoms with Crippen molar-refractivity contribution < 1.29 is 18.0 Å². The highest BCUT2D eigenvalue weighted by Gasteiger charge is 2.20. The molecule has 6 rings (SSSR count). The lowest BCUT2D eigenvalue weighted by Gasteiger charge is -2.25. The van der Waals surface area contributed by atoms with Crippen molar-refractivity contribution in [2.75, 3.05) is 44.1 Å². The summed E-state index contributed by atoms with van der Waals surface area (Å²) in [4.78, 5) is 29.7. The van der Waals surface area contributed by atoms with Crippen molar-refractivity contribution in [3.8, 4) is 0 Å². The van der Waals surface area contributed by atoms with Crippen LogP contribution in [-0.2, 0) is 41.2 Å². The summed E-state index contributed by atoms with van der Waals surface area (Å²) >= 11 is 3.61. The van der Waals surface area contributed by atoms with E-state index in [1.54, 1.807) is 12.1 Å². The van der Waals surface area contributed by atoms with Gasteiger partial charge in [0.2, 0.25) is 0 Å². The van der Waals surface area contributed by atoms with Gasteiger partial charge in [-0.25, -0.2) is 8.42 Å². The van der Waals surface area contributed by atoms with Crippen LogP contribution in [0.15, 0.2) is 88.2 Å². The van der Waals surface area contributed by atoms with Gasteiger partial charge in [-0.05, 0) is 115 Å². The molecule has 2 N–H and O–H groups in total. The molecule has 49 heavy (non-hydrogen) atoms. The average Bonchev–Trinajstić information content (AvgIpc) is 3.03. The van der Waals surface area contributed by atoms with E-state index in [2.05, 4.69) is 83.4 Å². The maximum Gasteiger partial charge on any atom is 0.255 e. The number of nitrogens with zero attached hydrogens (tertiary/aromatic N) is 2. The van der Waals surface area contributed by atoms with E-state index in [-0.39, 0.29) is 22.1 Å². The smallest absolute Gasteiger partial charge is 0.255 e. The number of carbonyl (C=O) groups is 2. The lowest BCUT2D eigenvalue weighted by Crippen LogP contribution is -2.26. The zero-order valence-electron chi connectivity index (χ0n) is 29.1. The largest absolute Gasteiger partial charge is 0.322 e. The van der Waals surface area contributed by atoms with Crippen molar-refractivity contribution in [3.05, 3.63) is 122 Å². The fraction of sp³-hybridized carbons (Fsp3) is 0.333. The predicted octanol–water partition coefficient (Wildman–Crippen LogP) is 7.32. The minimum absolute atomic E-state index is 0.0400. The van der Waals surface area contributed by atoms with Gasteiger partial charge >= 0.3 is 0 Å². The molecule has 0 saturated carbocycles. The standard InChI is InChI=1S/C21H25BrN2O.C18H20N2O3S/c1-21(2,3)18-8-6-15(12-19(18)22)20(25)23-17-7-5-14-9-10-24(4)13-16(14)11-17;1-20-9-8-13-6-7-16(10-15(13)12-20)19-18(21)14-4-3-5-17(11-14)24(2,22)23/h5-8,11-12H,9-10,13H2,1-4H3,(H,23,25);3-7,10-11H,8-9,12H2,1-2H3,(H,19,21). The molecule has 4 aromatic carbocycles. The molecule has 2 heterocycles. The SMILES string of the molecule is CN1CCc2ccc(NC(=O)c3ccc(C(C)(C)C)c(Br)c3)cc2C1.CN1CCc2ccc(NC(=O)c3cccc(S(C)(=O)=O)c3)cc2C1. The maximum absolute atomic E-state index is 12.6. The van der Waals surface area contributed by atoms with E-state index in [0.29, 0.717) is 11.1 Å². The van der Waals surface area contributed by atoms with Gasteiger partial charge in [0.25, 0.3) is 11.8 Å². The highest BCUT2D eigenvalue weighted by Crippen LogP contribution is 2.31. The predicted molar refractivity (Wildman–Crippen MR) is 201 cm³/mol. The molecule has 2 amide bonds. The number of benzene rings is 4. The molecule has 0 bridgehead atoms. The van der Waals surface area contributed by atoms with E-state index >= 15 is 0 Å².